The number of hydrogen-bond donors (Lipinski definition) is 2. The molecule has 0 bridgehead atoms. The topological polar surface area (TPSA) is 68.8 Å². The maximum absolute atomic E-state index is 5.96. The van der Waals surface area contributed by atoms with Crippen LogP contribution in [0.2, 0.25) is 10.0 Å². The lowest BCUT2D eigenvalue weighted by atomic mass is 10.4. The highest BCUT2D eigenvalue weighted by Gasteiger charge is 2.08. The van der Waals surface area contributed by atoms with E-state index in [2.05, 4.69) is 15.4 Å². The minimum atomic E-state index is 0.226. The maximum atomic E-state index is 5.96. The predicted octanol–water partition coefficient (Wildman–Crippen LogP) is 2.45. The van der Waals surface area contributed by atoms with Crippen LogP contribution in [0.25, 0.3) is 0 Å². The molecule has 0 atom stereocenters. The SMILES string of the molecule is Cn1ccc(Nc2nc(N)c(Cl)cc2Cl)n1. The van der Waals surface area contributed by atoms with Gasteiger partial charge >= 0.3 is 0 Å². The molecule has 0 fully saturated rings. The highest BCUT2D eigenvalue weighted by molar-refractivity contribution is 6.37. The summed E-state index contributed by atoms with van der Waals surface area (Å²) in [7, 11) is 1.82. The Balaban J connectivity index is 2.31. The van der Waals surface area contributed by atoms with E-state index in [0.717, 1.165) is 0 Å². The zero-order valence-corrected chi connectivity index (χ0v) is 9.92. The maximum Gasteiger partial charge on any atom is 0.153 e. The molecule has 7 heteroatoms. The number of aryl methyl sites for hydroxylation is 1. The number of nitrogen functional groups attached to an aromatic ring is 1. The third-order valence-corrected chi connectivity index (χ3v) is 2.51. The highest BCUT2D eigenvalue weighted by Crippen LogP contribution is 2.28. The van der Waals surface area contributed by atoms with E-state index >= 15 is 0 Å². The summed E-state index contributed by atoms with van der Waals surface area (Å²) in [4.78, 5) is 4.03. The summed E-state index contributed by atoms with van der Waals surface area (Å²) in [5.74, 6) is 1.30. The van der Waals surface area contributed by atoms with Crippen LogP contribution in [-0.4, -0.2) is 14.8 Å². The van der Waals surface area contributed by atoms with Crippen molar-refractivity contribution >= 4 is 40.7 Å². The van der Waals surface area contributed by atoms with Crippen molar-refractivity contribution in [2.75, 3.05) is 11.1 Å². The molecular formula is C9H9Cl2N5. The fourth-order valence-corrected chi connectivity index (χ4v) is 1.58. The third kappa shape index (κ3) is 2.20. The molecule has 0 radical (unpaired) electrons. The third-order valence-electron chi connectivity index (χ3n) is 1.92. The van der Waals surface area contributed by atoms with E-state index in [1.807, 2.05) is 7.05 Å². The van der Waals surface area contributed by atoms with Crippen molar-refractivity contribution in [1.82, 2.24) is 14.8 Å². The van der Waals surface area contributed by atoms with Crippen molar-refractivity contribution in [3.05, 3.63) is 28.4 Å². The molecule has 0 spiro atoms. The van der Waals surface area contributed by atoms with Crippen LogP contribution in [-0.2, 0) is 7.05 Å². The molecule has 2 rings (SSSR count). The van der Waals surface area contributed by atoms with Gasteiger partial charge in [0, 0.05) is 19.3 Å². The van der Waals surface area contributed by atoms with Gasteiger partial charge in [0.15, 0.2) is 11.6 Å². The summed E-state index contributed by atoms with van der Waals surface area (Å²) in [6.07, 6.45) is 1.80. The van der Waals surface area contributed by atoms with Gasteiger partial charge in [-0.2, -0.15) is 5.10 Å². The number of pyridine rings is 1. The molecule has 0 amide bonds. The van der Waals surface area contributed by atoms with Gasteiger partial charge in [0.1, 0.15) is 5.82 Å². The molecule has 0 unspecified atom stereocenters. The molecule has 0 aliphatic rings. The minimum Gasteiger partial charge on any atom is -0.382 e. The fraction of sp³-hybridized carbons (Fsp3) is 0.111. The molecule has 16 heavy (non-hydrogen) atoms. The predicted molar refractivity (Wildman–Crippen MR) is 65.2 cm³/mol. The fourth-order valence-electron chi connectivity index (χ4n) is 1.17. The minimum absolute atomic E-state index is 0.226. The van der Waals surface area contributed by atoms with E-state index in [-0.39, 0.29) is 5.82 Å². The van der Waals surface area contributed by atoms with Crippen LogP contribution in [0.4, 0.5) is 17.5 Å². The lowest BCUT2D eigenvalue weighted by Gasteiger charge is -2.06. The number of nitrogens with zero attached hydrogens (tertiary/aromatic N) is 3. The second kappa shape index (κ2) is 4.19. The van der Waals surface area contributed by atoms with Crippen LogP contribution in [0.1, 0.15) is 0 Å². The van der Waals surface area contributed by atoms with Crippen molar-refractivity contribution in [3.8, 4) is 0 Å². The lowest BCUT2D eigenvalue weighted by Crippen LogP contribution is -2.00. The van der Waals surface area contributed by atoms with E-state index in [1.165, 1.54) is 6.07 Å². The standard InChI is InChI=1S/C9H9Cl2N5/c1-16-3-2-7(15-16)13-9-6(11)4-5(10)8(12)14-9/h2-4H,1H3,(H3,12,13,14,15). The van der Waals surface area contributed by atoms with E-state index in [0.29, 0.717) is 21.7 Å². The zero-order valence-electron chi connectivity index (χ0n) is 8.41. The number of rotatable bonds is 2. The number of nitrogens with two attached hydrogens (primary N) is 1. The number of halogens is 2. The second-order valence-electron chi connectivity index (χ2n) is 3.19. The first-order chi connectivity index (χ1) is 7.56. The van der Waals surface area contributed by atoms with Crippen LogP contribution >= 0.6 is 23.2 Å². The van der Waals surface area contributed by atoms with Gasteiger partial charge < -0.3 is 11.1 Å². The van der Waals surface area contributed by atoms with Gasteiger partial charge in [-0.25, -0.2) is 4.98 Å². The summed E-state index contributed by atoms with van der Waals surface area (Å²) in [5.41, 5.74) is 5.58. The van der Waals surface area contributed by atoms with Crippen molar-refractivity contribution in [2.45, 2.75) is 0 Å². The number of aromatic nitrogens is 3. The van der Waals surface area contributed by atoms with Crippen LogP contribution in [0.15, 0.2) is 18.3 Å². The van der Waals surface area contributed by atoms with Crippen molar-refractivity contribution in [3.63, 3.8) is 0 Å². The Morgan fingerprint density at radius 3 is 2.75 bits per heavy atom. The summed E-state index contributed by atoms with van der Waals surface area (Å²) >= 11 is 11.7. The summed E-state index contributed by atoms with van der Waals surface area (Å²) < 4.78 is 1.66. The monoisotopic (exact) mass is 257 g/mol. The van der Waals surface area contributed by atoms with E-state index in [1.54, 1.807) is 16.9 Å². The van der Waals surface area contributed by atoms with E-state index < -0.39 is 0 Å². The van der Waals surface area contributed by atoms with Gasteiger partial charge in [0.05, 0.1) is 10.0 Å². The molecular weight excluding hydrogens is 249 g/mol. The largest absolute Gasteiger partial charge is 0.382 e. The Morgan fingerprint density at radius 1 is 1.38 bits per heavy atom. The summed E-state index contributed by atoms with van der Waals surface area (Å²) in [6.45, 7) is 0. The Kier molecular flexibility index (Phi) is 2.89. The molecule has 3 N–H and O–H groups in total. The van der Waals surface area contributed by atoms with Crippen LogP contribution in [0, 0.1) is 0 Å². The van der Waals surface area contributed by atoms with E-state index in [9.17, 15) is 0 Å². The van der Waals surface area contributed by atoms with Gasteiger partial charge in [-0.1, -0.05) is 23.2 Å². The summed E-state index contributed by atoms with van der Waals surface area (Å²) in [6, 6.07) is 3.33. The van der Waals surface area contributed by atoms with Gasteiger partial charge in [-0.05, 0) is 6.07 Å². The van der Waals surface area contributed by atoms with Gasteiger partial charge in [0.2, 0.25) is 0 Å². The van der Waals surface area contributed by atoms with Crippen molar-refractivity contribution < 1.29 is 0 Å². The Bertz CT molecular complexity index is 523. The first kappa shape index (κ1) is 11.0. The molecule has 84 valence electrons. The molecule has 5 nitrogen and oxygen atoms in total. The van der Waals surface area contributed by atoms with Gasteiger partial charge in [0.25, 0.3) is 0 Å². The molecule has 0 aromatic carbocycles. The average molecular weight is 258 g/mol. The second-order valence-corrected chi connectivity index (χ2v) is 4.00. The van der Waals surface area contributed by atoms with Crippen LogP contribution in [0.3, 0.4) is 0 Å². The summed E-state index contributed by atoms with van der Waals surface area (Å²) in [5, 5.41) is 7.80. The molecule has 2 heterocycles. The molecule has 2 aromatic rings. The Morgan fingerprint density at radius 2 is 2.12 bits per heavy atom. The Hall–Kier alpha value is -1.46. The number of hydrogen-bond acceptors (Lipinski definition) is 4. The smallest absolute Gasteiger partial charge is 0.153 e. The molecule has 0 aliphatic carbocycles. The molecule has 0 saturated carbocycles. The first-order valence-electron chi connectivity index (χ1n) is 4.44. The number of nitrogens with one attached hydrogen (secondary N) is 1. The molecule has 0 saturated heterocycles. The quantitative estimate of drug-likeness (QED) is 0.868. The molecule has 0 aliphatic heterocycles. The number of anilines is 3. The first-order valence-corrected chi connectivity index (χ1v) is 5.20. The Labute approximate surface area is 102 Å². The van der Waals surface area contributed by atoms with E-state index in [4.69, 9.17) is 28.9 Å². The van der Waals surface area contributed by atoms with Crippen molar-refractivity contribution in [1.29, 1.82) is 0 Å². The molecule has 2 aromatic heterocycles. The average Bonchev–Trinajstić information content (AvgIpc) is 2.60. The lowest BCUT2D eigenvalue weighted by molar-refractivity contribution is 0.771. The van der Waals surface area contributed by atoms with Crippen LogP contribution in [0.5, 0.6) is 0 Å². The van der Waals surface area contributed by atoms with Gasteiger partial charge in [-0.15, -0.1) is 0 Å². The normalized spacial score (nSPS) is 10.4. The van der Waals surface area contributed by atoms with Gasteiger partial charge in [-0.3, -0.25) is 4.68 Å². The highest BCUT2D eigenvalue weighted by atomic mass is 35.5. The van der Waals surface area contributed by atoms with Crippen LogP contribution < -0.4 is 11.1 Å². The van der Waals surface area contributed by atoms with Crippen molar-refractivity contribution in [2.24, 2.45) is 7.05 Å². The zero-order chi connectivity index (χ0) is 11.7.